The van der Waals surface area contributed by atoms with Gasteiger partial charge in [0.05, 0.1) is 6.10 Å². The average Bonchev–Trinajstić information content (AvgIpc) is 2.18. The van der Waals surface area contributed by atoms with Crippen molar-refractivity contribution in [2.24, 2.45) is 5.41 Å². The first-order valence-corrected chi connectivity index (χ1v) is 6.17. The van der Waals surface area contributed by atoms with E-state index in [0.29, 0.717) is 11.8 Å². The molecule has 1 atom stereocenters. The second kappa shape index (κ2) is 5.70. The van der Waals surface area contributed by atoms with Crippen LogP contribution in [0, 0.1) is 5.41 Å². The largest absolute Gasteiger partial charge is 0.393 e. The minimum atomic E-state index is -0.250. The monoisotopic (exact) mass is 240 g/mol. The zero-order chi connectivity index (χ0) is 12.2. The number of aliphatic hydroxyl groups is 1. The van der Waals surface area contributed by atoms with E-state index in [9.17, 15) is 5.11 Å². The fourth-order valence-corrected chi connectivity index (χ4v) is 1.72. The molecular formula is C14H21ClO. The van der Waals surface area contributed by atoms with Crippen LogP contribution in [0.2, 0.25) is 5.02 Å². The summed E-state index contributed by atoms with van der Waals surface area (Å²) in [7, 11) is 0. The van der Waals surface area contributed by atoms with E-state index in [0.717, 1.165) is 23.4 Å². The van der Waals surface area contributed by atoms with Crippen LogP contribution in [0.3, 0.4) is 0 Å². The molecule has 0 spiro atoms. The van der Waals surface area contributed by atoms with Crippen molar-refractivity contribution in [1.29, 1.82) is 0 Å². The summed E-state index contributed by atoms with van der Waals surface area (Å²) < 4.78 is 0. The molecule has 0 heterocycles. The number of rotatable bonds is 4. The maximum absolute atomic E-state index is 9.90. The van der Waals surface area contributed by atoms with Gasteiger partial charge >= 0.3 is 0 Å². The molecule has 16 heavy (non-hydrogen) atoms. The molecule has 1 N–H and O–H groups in total. The first kappa shape index (κ1) is 13.5. The second-order valence-electron chi connectivity index (χ2n) is 5.58. The van der Waals surface area contributed by atoms with Crippen molar-refractivity contribution in [3.8, 4) is 0 Å². The summed E-state index contributed by atoms with van der Waals surface area (Å²) in [6, 6.07) is 7.69. The van der Waals surface area contributed by atoms with Crippen LogP contribution in [0.25, 0.3) is 0 Å². The van der Waals surface area contributed by atoms with E-state index in [1.807, 2.05) is 24.3 Å². The SMILES string of the molecule is CC(C)(C)CCC(O)Cc1ccc(Cl)cc1. The van der Waals surface area contributed by atoms with Gasteiger partial charge in [0.2, 0.25) is 0 Å². The van der Waals surface area contributed by atoms with Gasteiger partial charge in [-0.1, -0.05) is 44.5 Å². The Morgan fingerprint density at radius 3 is 2.25 bits per heavy atom. The van der Waals surface area contributed by atoms with Crippen molar-refractivity contribution in [2.45, 2.75) is 46.1 Å². The van der Waals surface area contributed by atoms with Crippen LogP contribution in [0.1, 0.15) is 39.2 Å². The zero-order valence-corrected chi connectivity index (χ0v) is 11.1. The van der Waals surface area contributed by atoms with Crippen LogP contribution in [-0.4, -0.2) is 11.2 Å². The number of halogens is 1. The van der Waals surface area contributed by atoms with Gasteiger partial charge < -0.3 is 5.11 Å². The lowest BCUT2D eigenvalue weighted by molar-refractivity contribution is 0.146. The van der Waals surface area contributed by atoms with Gasteiger partial charge in [-0.3, -0.25) is 0 Å². The van der Waals surface area contributed by atoms with Gasteiger partial charge in [0.1, 0.15) is 0 Å². The second-order valence-corrected chi connectivity index (χ2v) is 6.02. The molecule has 0 aliphatic rings. The molecule has 0 saturated heterocycles. The van der Waals surface area contributed by atoms with E-state index >= 15 is 0 Å². The maximum atomic E-state index is 9.90. The van der Waals surface area contributed by atoms with Crippen molar-refractivity contribution in [1.82, 2.24) is 0 Å². The van der Waals surface area contributed by atoms with Crippen molar-refractivity contribution >= 4 is 11.6 Å². The highest BCUT2D eigenvalue weighted by molar-refractivity contribution is 6.30. The molecule has 90 valence electrons. The van der Waals surface area contributed by atoms with E-state index in [4.69, 9.17) is 11.6 Å². The van der Waals surface area contributed by atoms with Gasteiger partial charge in [0.15, 0.2) is 0 Å². The zero-order valence-electron chi connectivity index (χ0n) is 10.3. The Labute approximate surface area is 103 Å². The highest BCUT2D eigenvalue weighted by Crippen LogP contribution is 2.22. The molecule has 0 amide bonds. The van der Waals surface area contributed by atoms with E-state index < -0.39 is 0 Å². The lowest BCUT2D eigenvalue weighted by Gasteiger charge is -2.20. The third kappa shape index (κ3) is 5.53. The van der Waals surface area contributed by atoms with Gasteiger partial charge in [0, 0.05) is 5.02 Å². The van der Waals surface area contributed by atoms with Crippen LogP contribution >= 0.6 is 11.6 Å². The highest BCUT2D eigenvalue weighted by Gasteiger charge is 2.13. The predicted octanol–water partition coefficient (Wildman–Crippen LogP) is 4.07. The lowest BCUT2D eigenvalue weighted by atomic mass is 9.88. The molecule has 1 aromatic rings. The van der Waals surface area contributed by atoms with Gasteiger partial charge in [-0.25, -0.2) is 0 Å². The minimum absolute atomic E-state index is 0.250. The van der Waals surface area contributed by atoms with Gasteiger partial charge in [-0.15, -0.1) is 0 Å². The summed E-state index contributed by atoms with van der Waals surface area (Å²) in [5, 5.41) is 10.6. The van der Waals surface area contributed by atoms with Crippen LogP contribution in [-0.2, 0) is 6.42 Å². The molecule has 1 unspecified atom stereocenters. The standard InChI is InChI=1S/C14H21ClO/c1-14(2,3)9-8-13(16)10-11-4-6-12(15)7-5-11/h4-7,13,16H,8-10H2,1-3H3. The summed E-state index contributed by atoms with van der Waals surface area (Å²) in [5.74, 6) is 0. The van der Waals surface area contributed by atoms with Crippen LogP contribution in [0.5, 0.6) is 0 Å². The van der Waals surface area contributed by atoms with E-state index in [1.165, 1.54) is 0 Å². The Hall–Kier alpha value is -0.530. The van der Waals surface area contributed by atoms with Gasteiger partial charge in [-0.05, 0) is 42.4 Å². The summed E-state index contributed by atoms with van der Waals surface area (Å²) in [6.45, 7) is 6.59. The molecule has 0 saturated carbocycles. The molecule has 0 fully saturated rings. The Bertz CT molecular complexity index is 311. The van der Waals surface area contributed by atoms with Crippen molar-refractivity contribution < 1.29 is 5.11 Å². The molecule has 1 nitrogen and oxygen atoms in total. The summed E-state index contributed by atoms with van der Waals surface area (Å²) in [5.41, 5.74) is 1.44. The lowest BCUT2D eigenvalue weighted by Crippen LogP contribution is -2.15. The normalized spacial score (nSPS) is 13.8. The topological polar surface area (TPSA) is 20.2 Å². The van der Waals surface area contributed by atoms with Crippen LogP contribution < -0.4 is 0 Å². The molecule has 0 bridgehead atoms. The van der Waals surface area contributed by atoms with Gasteiger partial charge in [0.25, 0.3) is 0 Å². The third-order valence-corrected chi connectivity index (χ3v) is 2.86. The van der Waals surface area contributed by atoms with E-state index in [2.05, 4.69) is 20.8 Å². The molecular weight excluding hydrogens is 220 g/mol. The van der Waals surface area contributed by atoms with E-state index in [1.54, 1.807) is 0 Å². The van der Waals surface area contributed by atoms with Crippen molar-refractivity contribution in [2.75, 3.05) is 0 Å². The first-order valence-electron chi connectivity index (χ1n) is 5.79. The maximum Gasteiger partial charge on any atom is 0.0580 e. The predicted molar refractivity (Wildman–Crippen MR) is 69.9 cm³/mol. The summed E-state index contributed by atoms with van der Waals surface area (Å²) in [6.07, 6.45) is 2.36. The number of aliphatic hydroxyl groups excluding tert-OH is 1. The quantitative estimate of drug-likeness (QED) is 0.841. The molecule has 0 radical (unpaired) electrons. The molecule has 1 rings (SSSR count). The molecule has 0 aliphatic heterocycles. The Morgan fingerprint density at radius 1 is 1.19 bits per heavy atom. The van der Waals surface area contributed by atoms with Crippen molar-refractivity contribution in [3.05, 3.63) is 34.9 Å². The third-order valence-electron chi connectivity index (χ3n) is 2.61. The summed E-state index contributed by atoms with van der Waals surface area (Å²) >= 11 is 5.81. The average molecular weight is 241 g/mol. The fraction of sp³-hybridized carbons (Fsp3) is 0.571. The Balaban J connectivity index is 2.39. The highest BCUT2D eigenvalue weighted by atomic mass is 35.5. The molecule has 2 heteroatoms. The Morgan fingerprint density at radius 2 is 1.75 bits per heavy atom. The number of hydrogen-bond donors (Lipinski definition) is 1. The number of benzene rings is 1. The van der Waals surface area contributed by atoms with Gasteiger partial charge in [-0.2, -0.15) is 0 Å². The summed E-state index contributed by atoms with van der Waals surface area (Å²) in [4.78, 5) is 0. The smallest absolute Gasteiger partial charge is 0.0580 e. The number of hydrogen-bond acceptors (Lipinski definition) is 1. The molecule has 0 aliphatic carbocycles. The molecule has 1 aromatic carbocycles. The van der Waals surface area contributed by atoms with E-state index in [-0.39, 0.29) is 6.10 Å². The Kier molecular flexibility index (Phi) is 4.82. The van der Waals surface area contributed by atoms with Crippen molar-refractivity contribution in [3.63, 3.8) is 0 Å². The minimum Gasteiger partial charge on any atom is -0.393 e. The molecule has 0 aromatic heterocycles. The van der Waals surface area contributed by atoms with Crippen LogP contribution in [0.15, 0.2) is 24.3 Å². The fourth-order valence-electron chi connectivity index (χ4n) is 1.59. The van der Waals surface area contributed by atoms with Crippen LogP contribution in [0.4, 0.5) is 0 Å². The first-order chi connectivity index (χ1) is 7.37.